The van der Waals surface area contributed by atoms with Crippen molar-refractivity contribution >= 4 is 23.2 Å². The molecule has 1 aromatic rings. The van der Waals surface area contributed by atoms with Gasteiger partial charge in [0.1, 0.15) is 0 Å². The van der Waals surface area contributed by atoms with E-state index in [0.717, 1.165) is 5.69 Å². The van der Waals surface area contributed by atoms with Gasteiger partial charge in [-0.25, -0.2) is 0 Å². The molecule has 1 aromatic carbocycles. The van der Waals surface area contributed by atoms with Crippen molar-refractivity contribution in [3.63, 3.8) is 0 Å². The quantitative estimate of drug-likeness (QED) is 0.733. The van der Waals surface area contributed by atoms with Gasteiger partial charge in [0.05, 0.1) is 6.61 Å². The highest BCUT2D eigenvalue weighted by Gasteiger charge is 1.99. The highest BCUT2D eigenvalue weighted by Crippen LogP contribution is 2.12. The SMILES string of the molecule is COCCNC(=O)CCNc1ccc(Cl)cc1. The summed E-state index contributed by atoms with van der Waals surface area (Å²) >= 11 is 5.76. The van der Waals surface area contributed by atoms with E-state index in [-0.39, 0.29) is 5.91 Å². The van der Waals surface area contributed by atoms with Crippen molar-refractivity contribution in [3.8, 4) is 0 Å². The molecule has 0 saturated carbocycles. The molecular formula is C12H17ClN2O2. The minimum absolute atomic E-state index is 0.0171. The van der Waals surface area contributed by atoms with Gasteiger partial charge in [-0.2, -0.15) is 0 Å². The third-order valence-corrected chi connectivity index (χ3v) is 2.41. The molecule has 0 aliphatic heterocycles. The first kappa shape index (κ1) is 13.8. The molecule has 0 radical (unpaired) electrons. The van der Waals surface area contributed by atoms with Crippen molar-refractivity contribution in [2.75, 3.05) is 32.1 Å². The maximum Gasteiger partial charge on any atom is 0.221 e. The van der Waals surface area contributed by atoms with Crippen LogP contribution in [0.3, 0.4) is 0 Å². The second-order valence-electron chi connectivity index (χ2n) is 3.53. The number of rotatable bonds is 7. The summed E-state index contributed by atoms with van der Waals surface area (Å²) in [6.07, 6.45) is 0.437. The van der Waals surface area contributed by atoms with Crippen LogP contribution in [-0.4, -0.2) is 32.7 Å². The van der Waals surface area contributed by atoms with Crippen molar-refractivity contribution in [1.82, 2.24) is 5.32 Å². The predicted octanol–water partition coefficient (Wildman–Crippen LogP) is 1.90. The molecule has 0 atom stereocenters. The van der Waals surface area contributed by atoms with Crippen LogP contribution >= 0.6 is 11.6 Å². The van der Waals surface area contributed by atoms with Crippen LogP contribution < -0.4 is 10.6 Å². The Morgan fingerprint density at radius 1 is 1.29 bits per heavy atom. The Morgan fingerprint density at radius 3 is 2.65 bits per heavy atom. The van der Waals surface area contributed by atoms with E-state index in [1.807, 2.05) is 24.3 Å². The maximum atomic E-state index is 11.3. The standard InChI is InChI=1S/C12H17ClN2O2/c1-17-9-8-15-12(16)6-7-14-11-4-2-10(13)3-5-11/h2-5,14H,6-9H2,1H3,(H,15,16). The van der Waals surface area contributed by atoms with Gasteiger partial charge in [0, 0.05) is 37.3 Å². The molecule has 5 heteroatoms. The lowest BCUT2D eigenvalue weighted by molar-refractivity contribution is -0.121. The van der Waals surface area contributed by atoms with Crippen LogP contribution in [0.4, 0.5) is 5.69 Å². The third kappa shape index (κ3) is 6.14. The summed E-state index contributed by atoms with van der Waals surface area (Å²) in [5.41, 5.74) is 0.957. The topological polar surface area (TPSA) is 50.4 Å². The Balaban J connectivity index is 2.14. The highest BCUT2D eigenvalue weighted by atomic mass is 35.5. The molecule has 17 heavy (non-hydrogen) atoms. The third-order valence-electron chi connectivity index (χ3n) is 2.15. The number of carbonyl (C=O) groups is 1. The molecule has 94 valence electrons. The molecule has 1 rings (SSSR count). The number of methoxy groups -OCH3 is 1. The van der Waals surface area contributed by atoms with Gasteiger partial charge >= 0.3 is 0 Å². The molecule has 0 aliphatic carbocycles. The normalized spacial score (nSPS) is 10.0. The summed E-state index contributed by atoms with van der Waals surface area (Å²) in [7, 11) is 1.61. The van der Waals surface area contributed by atoms with Gasteiger partial charge in [-0.15, -0.1) is 0 Å². The first-order valence-electron chi connectivity index (χ1n) is 5.47. The van der Waals surface area contributed by atoms with Crippen LogP contribution in [0.5, 0.6) is 0 Å². The second-order valence-corrected chi connectivity index (χ2v) is 3.96. The monoisotopic (exact) mass is 256 g/mol. The van der Waals surface area contributed by atoms with E-state index in [1.54, 1.807) is 7.11 Å². The minimum Gasteiger partial charge on any atom is -0.385 e. The Morgan fingerprint density at radius 2 is 2.00 bits per heavy atom. The molecule has 0 saturated heterocycles. The molecule has 0 bridgehead atoms. The van der Waals surface area contributed by atoms with E-state index in [2.05, 4.69) is 10.6 Å². The first-order valence-corrected chi connectivity index (χ1v) is 5.85. The number of carbonyl (C=O) groups excluding carboxylic acids is 1. The van der Waals surface area contributed by atoms with Crippen molar-refractivity contribution in [2.45, 2.75) is 6.42 Å². The molecule has 0 aliphatic rings. The Labute approximate surface area is 106 Å². The van der Waals surface area contributed by atoms with Crippen LogP contribution in [0, 0.1) is 0 Å². The zero-order valence-electron chi connectivity index (χ0n) is 9.83. The predicted molar refractivity (Wildman–Crippen MR) is 69.4 cm³/mol. The van der Waals surface area contributed by atoms with E-state index in [9.17, 15) is 4.79 Å². The number of hydrogen-bond acceptors (Lipinski definition) is 3. The van der Waals surface area contributed by atoms with Gasteiger partial charge in [0.15, 0.2) is 0 Å². The lowest BCUT2D eigenvalue weighted by atomic mass is 10.3. The zero-order chi connectivity index (χ0) is 12.5. The van der Waals surface area contributed by atoms with E-state index in [1.165, 1.54) is 0 Å². The molecule has 1 amide bonds. The van der Waals surface area contributed by atoms with E-state index < -0.39 is 0 Å². The first-order chi connectivity index (χ1) is 8.22. The summed E-state index contributed by atoms with van der Waals surface area (Å²) in [6.45, 7) is 1.69. The summed E-state index contributed by atoms with van der Waals surface area (Å²) in [6, 6.07) is 7.38. The fourth-order valence-electron chi connectivity index (χ4n) is 1.27. The summed E-state index contributed by atoms with van der Waals surface area (Å²) < 4.78 is 4.83. The Kier molecular flexibility index (Phi) is 6.43. The van der Waals surface area contributed by atoms with Gasteiger partial charge in [0.2, 0.25) is 5.91 Å². The van der Waals surface area contributed by atoms with Crippen LogP contribution in [0.15, 0.2) is 24.3 Å². The maximum absolute atomic E-state index is 11.3. The number of hydrogen-bond donors (Lipinski definition) is 2. The summed E-state index contributed by atoms with van der Waals surface area (Å²) in [5, 5.41) is 6.60. The van der Waals surface area contributed by atoms with E-state index >= 15 is 0 Å². The lowest BCUT2D eigenvalue weighted by Crippen LogP contribution is -2.28. The smallest absolute Gasteiger partial charge is 0.221 e. The number of ether oxygens (including phenoxy) is 1. The van der Waals surface area contributed by atoms with Gasteiger partial charge in [-0.3, -0.25) is 4.79 Å². The summed E-state index contributed by atoms with van der Waals surface area (Å²) in [4.78, 5) is 11.3. The lowest BCUT2D eigenvalue weighted by Gasteiger charge is -2.07. The molecule has 2 N–H and O–H groups in total. The fourth-order valence-corrected chi connectivity index (χ4v) is 1.39. The Bertz CT molecular complexity index is 341. The number of amides is 1. The van der Waals surface area contributed by atoms with Gasteiger partial charge in [-0.1, -0.05) is 11.6 Å². The van der Waals surface area contributed by atoms with Crippen LogP contribution in [0.1, 0.15) is 6.42 Å². The van der Waals surface area contributed by atoms with E-state index in [4.69, 9.17) is 16.3 Å². The average Bonchev–Trinajstić information content (AvgIpc) is 2.32. The highest BCUT2D eigenvalue weighted by molar-refractivity contribution is 6.30. The number of anilines is 1. The fraction of sp³-hybridized carbons (Fsp3) is 0.417. The van der Waals surface area contributed by atoms with Crippen molar-refractivity contribution in [1.29, 1.82) is 0 Å². The van der Waals surface area contributed by atoms with Crippen LogP contribution in [0.2, 0.25) is 5.02 Å². The molecule has 0 unspecified atom stereocenters. The molecule has 4 nitrogen and oxygen atoms in total. The van der Waals surface area contributed by atoms with Crippen LogP contribution in [0.25, 0.3) is 0 Å². The number of benzene rings is 1. The van der Waals surface area contributed by atoms with Crippen molar-refractivity contribution in [2.24, 2.45) is 0 Å². The molecule has 0 heterocycles. The van der Waals surface area contributed by atoms with Gasteiger partial charge in [0.25, 0.3) is 0 Å². The number of nitrogens with one attached hydrogen (secondary N) is 2. The molecule has 0 spiro atoms. The zero-order valence-corrected chi connectivity index (χ0v) is 10.6. The minimum atomic E-state index is 0.0171. The molecular weight excluding hydrogens is 240 g/mol. The molecule has 0 fully saturated rings. The van der Waals surface area contributed by atoms with Crippen LogP contribution in [-0.2, 0) is 9.53 Å². The van der Waals surface area contributed by atoms with Crippen molar-refractivity contribution in [3.05, 3.63) is 29.3 Å². The van der Waals surface area contributed by atoms with Gasteiger partial charge in [-0.05, 0) is 24.3 Å². The van der Waals surface area contributed by atoms with Gasteiger partial charge < -0.3 is 15.4 Å². The molecule has 0 aromatic heterocycles. The Hall–Kier alpha value is -1.26. The summed E-state index contributed by atoms with van der Waals surface area (Å²) in [5.74, 6) is 0.0171. The number of halogens is 1. The van der Waals surface area contributed by atoms with E-state index in [0.29, 0.717) is 31.1 Å². The second kappa shape index (κ2) is 7.92. The van der Waals surface area contributed by atoms with Crippen molar-refractivity contribution < 1.29 is 9.53 Å². The largest absolute Gasteiger partial charge is 0.385 e. The average molecular weight is 257 g/mol.